The van der Waals surface area contributed by atoms with Crippen LogP contribution in [0.15, 0.2) is 48.7 Å². The van der Waals surface area contributed by atoms with Gasteiger partial charge in [-0.2, -0.15) is 0 Å². The van der Waals surface area contributed by atoms with E-state index in [0.717, 1.165) is 18.1 Å². The van der Waals surface area contributed by atoms with Gasteiger partial charge in [0.05, 0.1) is 0 Å². The van der Waals surface area contributed by atoms with Crippen molar-refractivity contribution in [2.24, 2.45) is 0 Å². The second kappa shape index (κ2) is 5.85. The predicted octanol–water partition coefficient (Wildman–Crippen LogP) is 3.64. The molecular weight excluding hydrogens is 234 g/mol. The van der Waals surface area contributed by atoms with Crippen molar-refractivity contribution in [3.8, 4) is 0 Å². The lowest BCUT2D eigenvalue weighted by Gasteiger charge is -2.23. The standard InChI is InChI=1S/C16H19N3/c1-2-6-14(7-3-1)19-16-10-9-13(12-18-16)15-8-4-5-11-17-15/h1-3,6-7,9-10,12,15,17H,4-5,8,11H2,(H,18,19). The molecule has 0 radical (unpaired) electrons. The fourth-order valence-corrected chi connectivity index (χ4v) is 2.49. The summed E-state index contributed by atoms with van der Waals surface area (Å²) in [5.41, 5.74) is 2.36. The summed E-state index contributed by atoms with van der Waals surface area (Å²) in [5.74, 6) is 0.894. The Bertz CT molecular complexity index is 501. The molecule has 3 nitrogen and oxygen atoms in total. The van der Waals surface area contributed by atoms with Crippen LogP contribution in [-0.4, -0.2) is 11.5 Å². The Morgan fingerprint density at radius 1 is 1.05 bits per heavy atom. The van der Waals surface area contributed by atoms with Gasteiger partial charge in [-0.15, -0.1) is 0 Å². The maximum absolute atomic E-state index is 4.50. The first-order chi connectivity index (χ1) is 9.42. The van der Waals surface area contributed by atoms with Crippen LogP contribution >= 0.6 is 0 Å². The van der Waals surface area contributed by atoms with Crippen molar-refractivity contribution in [1.29, 1.82) is 0 Å². The van der Waals surface area contributed by atoms with Crippen LogP contribution in [0.1, 0.15) is 30.9 Å². The fraction of sp³-hybridized carbons (Fsp3) is 0.312. The summed E-state index contributed by atoms with van der Waals surface area (Å²) < 4.78 is 0. The zero-order chi connectivity index (χ0) is 12.9. The topological polar surface area (TPSA) is 37.0 Å². The fourth-order valence-electron chi connectivity index (χ4n) is 2.49. The molecule has 1 saturated heterocycles. The van der Waals surface area contributed by atoms with Crippen molar-refractivity contribution in [3.05, 3.63) is 54.2 Å². The van der Waals surface area contributed by atoms with Gasteiger partial charge in [0, 0.05) is 17.9 Å². The highest BCUT2D eigenvalue weighted by atomic mass is 15.0. The van der Waals surface area contributed by atoms with Crippen molar-refractivity contribution in [2.75, 3.05) is 11.9 Å². The summed E-state index contributed by atoms with van der Waals surface area (Å²) in [5, 5.41) is 6.85. The number of aromatic nitrogens is 1. The molecule has 0 saturated carbocycles. The van der Waals surface area contributed by atoms with Crippen LogP contribution in [0.25, 0.3) is 0 Å². The number of hydrogen-bond donors (Lipinski definition) is 2. The minimum atomic E-state index is 0.479. The van der Waals surface area contributed by atoms with E-state index in [9.17, 15) is 0 Å². The van der Waals surface area contributed by atoms with E-state index in [1.54, 1.807) is 0 Å². The van der Waals surface area contributed by atoms with E-state index in [1.807, 2.05) is 36.5 Å². The molecule has 1 unspecified atom stereocenters. The summed E-state index contributed by atoms with van der Waals surface area (Å²) in [7, 11) is 0. The lowest BCUT2D eigenvalue weighted by molar-refractivity contribution is 0.411. The first-order valence-electron chi connectivity index (χ1n) is 6.93. The summed E-state index contributed by atoms with van der Waals surface area (Å²) in [6.07, 6.45) is 5.79. The largest absolute Gasteiger partial charge is 0.340 e. The lowest BCUT2D eigenvalue weighted by atomic mass is 9.99. The highest BCUT2D eigenvalue weighted by Crippen LogP contribution is 2.23. The van der Waals surface area contributed by atoms with E-state index < -0.39 is 0 Å². The van der Waals surface area contributed by atoms with Gasteiger partial charge >= 0.3 is 0 Å². The third-order valence-corrected chi connectivity index (χ3v) is 3.55. The molecule has 2 heterocycles. The van der Waals surface area contributed by atoms with Gasteiger partial charge in [-0.25, -0.2) is 4.98 Å². The summed E-state index contributed by atoms with van der Waals surface area (Å²) in [4.78, 5) is 4.50. The van der Waals surface area contributed by atoms with Crippen molar-refractivity contribution >= 4 is 11.5 Å². The molecule has 1 atom stereocenters. The second-order valence-electron chi connectivity index (χ2n) is 4.97. The zero-order valence-corrected chi connectivity index (χ0v) is 11.0. The maximum atomic E-state index is 4.50. The van der Waals surface area contributed by atoms with Crippen molar-refractivity contribution < 1.29 is 0 Å². The Balaban J connectivity index is 1.68. The highest BCUT2D eigenvalue weighted by molar-refractivity contribution is 5.55. The summed E-state index contributed by atoms with van der Waals surface area (Å²) in [6.45, 7) is 1.12. The zero-order valence-electron chi connectivity index (χ0n) is 11.0. The number of anilines is 2. The summed E-state index contributed by atoms with van der Waals surface area (Å²) in [6, 6.07) is 14.8. The van der Waals surface area contributed by atoms with Gasteiger partial charge in [-0.3, -0.25) is 0 Å². The third-order valence-electron chi connectivity index (χ3n) is 3.55. The number of benzene rings is 1. The average Bonchev–Trinajstić information content (AvgIpc) is 2.50. The van der Waals surface area contributed by atoms with Crippen LogP contribution in [0.3, 0.4) is 0 Å². The Hall–Kier alpha value is -1.87. The van der Waals surface area contributed by atoms with Gasteiger partial charge in [0.2, 0.25) is 0 Å². The molecule has 0 spiro atoms. The molecule has 0 amide bonds. The average molecular weight is 253 g/mol. The van der Waals surface area contributed by atoms with Gasteiger partial charge in [0.15, 0.2) is 0 Å². The SMILES string of the molecule is c1ccc(Nc2ccc(C3CCCCN3)cn2)cc1. The van der Waals surface area contributed by atoms with Gasteiger partial charge in [0.25, 0.3) is 0 Å². The number of nitrogens with one attached hydrogen (secondary N) is 2. The first kappa shape index (κ1) is 12.2. The van der Waals surface area contributed by atoms with Crippen molar-refractivity contribution in [3.63, 3.8) is 0 Å². The number of pyridine rings is 1. The minimum absolute atomic E-state index is 0.479. The second-order valence-corrected chi connectivity index (χ2v) is 4.97. The molecule has 0 bridgehead atoms. The van der Waals surface area contributed by atoms with E-state index in [0.29, 0.717) is 6.04 Å². The van der Waals surface area contributed by atoms with E-state index in [-0.39, 0.29) is 0 Å². The Morgan fingerprint density at radius 3 is 2.63 bits per heavy atom. The van der Waals surface area contributed by atoms with Crippen LogP contribution in [0.2, 0.25) is 0 Å². The normalized spacial score (nSPS) is 19.1. The molecular formula is C16H19N3. The van der Waals surface area contributed by atoms with Crippen molar-refractivity contribution in [1.82, 2.24) is 10.3 Å². The molecule has 1 aliphatic rings. The van der Waals surface area contributed by atoms with Crippen LogP contribution in [-0.2, 0) is 0 Å². The van der Waals surface area contributed by atoms with Gasteiger partial charge in [-0.05, 0) is 43.1 Å². The van der Waals surface area contributed by atoms with Gasteiger partial charge < -0.3 is 10.6 Å². The molecule has 1 aliphatic heterocycles. The smallest absolute Gasteiger partial charge is 0.130 e. The van der Waals surface area contributed by atoms with E-state index in [1.165, 1.54) is 24.8 Å². The molecule has 1 fully saturated rings. The Kier molecular flexibility index (Phi) is 3.75. The minimum Gasteiger partial charge on any atom is -0.340 e. The predicted molar refractivity (Wildman–Crippen MR) is 78.6 cm³/mol. The number of hydrogen-bond acceptors (Lipinski definition) is 3. The summed E-state index contributed by atoms with van der Waals surface area (Å²) >= 11 is 0. The molecule has 1 aromatic carbocycles. The maximum Gasteiger partial charge on any atom is 0.130 e. The highest BCUT2D eigenvalue weighted by Gasteiger charge is 2.14. The molecule has 2 aromatic rings. The number of nitrogens with zero attached hydrogens (tertiary/aromatic N) is 1. The first-order valence-corrected chi connectivity index (χ1v) is 6.93. The van der Waals surface area contributed by atoms with Crippen LogP contribution < -0.4 is 10.6 Å². The number of rotatable bonds is 3. The van der Waals surface area contributed by atoms with Gasteiger partial charge in [-0.1, -0.05) is 30.7 Å². The number of piperidine rings is 1. The molecule has 98 valence electrons. The Labute approximate surface area is 114 Å². The van der Waals surface area contributed by atoms with Crippen molar-refractivity contribution in [2.45, 2.75) is 25.3 Å². The van der Waals surface area contributed by atoms with Gasteiger partial charge in [0.1, 0.15) is 5.82 Å². The lowest BCUT2D eigenvalue weighted by Crippen LogP contribution is -2.26. The monoisotopic (exact) mass is 253 g/mol. The van der Waals surface area contributed by atoms with E-state index in [2.05, 4.69) is 27.8 Å². The molecule has 1 aromatic heterocycles. The molecule has 3 rings (SSSR count). The van der Waals surface area contributed by atoms with Crippen LogP contribution in [0, 0.1) is 0 Å². The third kappa shape index (κ3) is 3.12. The molecule has 19 heavy (non-hydrogen) atoms. The van der Waals surface area contributed by atoms with E-state index >= 15 is 0 Å². The molecule has 0 aliphatic carbocycles. The molecule has 3 heteroatoms. The number of para-hydroxylation sites is 1. The van der Waals surface area contributed by atoms with Crippen LogP contribution in [0.5, 0.6) is 0 Å². The Morgan fingerprint density at radius 2 is 1.95 bits per heavy atom. The quantitative estimate of drug-likeness (QED) is 0.877. The molecule has 2 N–H and O–H groups in total. The van der Waals surface area contributed by atoms with E-state index in [4.69, 9.17) is 0 Å². The van der Waals surface area contributed by atoms with Crippen LogP contribution in [0.4, 0.5) is 11.5 Å².